The van der Waals surface area contributed by atoms with E-state index in [2.05, 4.69) is 24.8 Å². The van der Waals surface area contributed by atoms with Gasteiger partial charge in [0.05, 0.1) is 12.2 Å². The number of likely N-dealkylation sites (tertiary alicyclic amines) is 1. The van der Waals surface area contributed by atoms with E-state index in [0.29, 0.717) is 11.7 Å². The van der Waals surface area contributed by atoms with Gasteiger partial charge in [-0.25, -0.2) is 0 Å². The first kappa shape index (κ1) is 18.3. The minimum absolute atomic E-state index is 0.00955. The Labute approximate surface area is 163 Å². The lowest BCUT2D eigenvalue weighted by Crippen LogP contribution is -2.65. The second kappa shape index (κ2) is 5.90. The van der Waals surface area contributed by atoms with Crippen molar-refractivity contribution in [2.45, 2.75) is 64.6 Å². The van der Waals surface area contributed by atoms with Crippen LogP contribution in [0.4, 0.5) is 0 Å². The highest BCUT2D eigenvalue weighted by Gasteiger charge is 2.72. The SMILES string of the molecule is CCN1C[C@]2(C)CC[C@H](OC)[C@]3(C1)C2=CCC[C@@]12C[C@H](OC)[C@@H](C[C@H]13)C2=O. The number of hydrogen-bond donors (Lipinski definition) is 0. The average Bonchev–Trinajstić information content (AvgIpc) is 3.01. The summed E-state index contributed by atoms with van der Waals surface area (Å²) >= 11 is 0. The van der Waals surface area contributed by atoms with Crippen molar-refractivity contribution >= 4 is 5.78 Å². The van der Waals surface area contributed by atoms with Gasteiger partial charge in [0.1, 0.15) is 5.78 Å². The fraction of sp³-hybridized carbons (Fsp3) is 0.870. The molecule has 0 aromatic rings. The molecule has 4 aliphatic carbocycles. The molecule has 0 radical (unpaired) electrons. The molecule has 5 aliphatic rings. The predicted octanol–water partition coefficient (Wildman–Crippen LogP) is 3.45. The number of carbonyl (C=O) groups is 1. The lowest BCUT2D eigenvalue weighted by atomic mass is 9.47. The molecule has 1 saturated heterocycles. The molecule has 0 aromatic heterocycles. The summed E-state index contributed by atoms with van der Waals surface area (Å²) in [6.07, 6.45) is 9.23. The zero-order valence-electron chi connectivity index (χ0n) is 17.4. The first-order valence-corrected chi connectivity index (χ1v) is 11.0. The summed E-state index contributed by atoms with van der Waals surface area (Å²) in [6.45, 7) is 8.07. The Hall–Kier alpha value is -0.710. The van der Waals surface area contributed by atoms with Gasteiger partial charge in [0, 0.05) is 49.5 Å². The lowest BCUT2D eigenvalue weighted by Gasteiger charge is -2.63. The minimum Gasteiger partial charge on any atom is -0.381 e. The van der Waals surface area contributed by atoms with Crippen LogP contribution in [-0.4, -0.2) is 56.7 Å². The highest BCUT2D eigenvalue weighted by molar-refractivity contribution is 5.93. The Morgan fingerprint density at radius 1 is 1.22 bits per heavy atom. The van der Waals surface area contributed by atoms with Gasteiger partial charge in [0.25, 0.3) is 0 Å². The molecule has 0 unspecified atom stereocenters. The van der Waals surface area contributed by atoms with E-state index in [1.54, 1.807) is 12.7 Å². The minimum atomic E-state index is -0.185. The number of methoxy groups -OCH3 is 2. The van der Waals surface area contributed by atoms with Crippen LogP contribution in [-0.2, 0) is 14.3 Å². The van der Waals surface area contributed by atoms with Crippen molar-refractivity contribution in [2.24, 2.45) is 28.1 Å². The van der Waals surface area contributed by atoms with Crippen LogP contribution >= 0.6 is 0 Å². The molecule has 1 spiro atoms. The quantitative estimate of drug-likeness (QED) is 0.710. The molecule has 0 amide bonds. The summed E-state index contributed by atoms with van der Waals surface area (Å²) < 4.78 is 12.0. The van der Waals surface area contributed by atoms with Gasteiger partial charge in [-0.15, -0.1) is 0 Å². The first-order chi connectivity index (χ1) is 12.9. The first-order valence-electron chi connectivity index (χ1n) is 11.0. The highest BCUT2D eigenvalue weighted by Crippen LogP contribution is 2.71. The molecule has 3 saturated carbocycles. The van der Waals surface area contributed by atoms with Gasteiger partial charge >= 0.3 is 0 Å². The highest BCUT2D eigenvalue weighted by atomic mass is 16.5. The van der Waals surface area contributed by atoms with E-state index in [1.807, 2.05) is 7.11 Å². The van der Waals surface area contributed by atoms with E-state index in [-0.39, 0.29) is 34.4 Å². The van der Waals surface area contributed by atoms with Crippen LogP contribution in [0.3, 0.4) is 0 Å². The van der Waals surface area contributed by atoms with Crippen LogP contribution in [0.2, 0.25) is 0 Å². The maximum Gasteiger partial charge on any atom is 0.145 e. The van der Waals surface area contributed by atoms with Gasteiger partial charge in [-0.2, -0.15) is 0 Å². The predicted molar refractivity (Wildman–Crippen MR) is 104 cm³/mol. The molecule has 0 aromatic carbocycles. The van der Waals surface area contributed by atoms with Crippen LogP contribution < -0.4 is 0 Å². The number of ketones is 1. The fourth-order valence-electron chi connectivity index (χ4n) is 8.38. The largest absolute Gasteiger partial charge is 0.381 e. The monoisotopic (exact) mass is 373 g/mol. The Morgan fingerprint density at radius 2 is 2.04 bits per heavy atom. The number of Topliss-reactive ketones (excluding diaryl/α,β-unsaturated/α-hetero) is 1. The van der Waals surface area contributed by atoms with Crippen LogP contribution in [0, 0.1) is 28.1 Å². The summed E-state index contributed by atoms with van der Waals surface area (Å²) in [6, 6.07) is 0. The maximum atomic E-state index is 13.5. The van der Waals surface area contributed by atoms with Crippen LogP contribution in [0.5, 0.6) is 0 Å². The Bertz CT molecular complexity index is 689. The summed E-state index contributed by atoms with van der Waals surface area (Å²) in [4.78, 5) is 16.2. The van der Waals surface area contributed by atoms with Crippen molar-refractivity contribution in [3.05, 3.63) is 11.6 Å². The number of fused-ring (bicyclic) bond motifs is 1. The molecular formula is C23H35NO3. The normalized spacial score (nSPS) is 51.6. The van der Waals surface area contributed by atoms with Crippen molar-refractivity contribution in [3.63, 3.8) is 0 Å². The molecule has 4 heteroatoms. The van der Waals surface area contributed by atoms with Crippen molar-refractivity contribution in [3.8, 4) is 0 Å². The van der Waals surface area contributed by atoms with Gasteiger partial charge in [-0.3, -0.25) is 4.79 Å². The number of ether oxygens (including phenoxy) is 2. The summed E-state index contributed by atoms with van der Waals surface area (Å²) in [5.41, 5.74) is 1.71. The average molecular weight is 374 g/mol. The van der Waals surface area contributed by atoms with Crippen molar-refractivity contribution in [1.82, 2.24) is 4.90 Å². The van der Waals surface area contributed by atoms with Crippen molar-refractivity contribution < 1.29 is 14.3 Å². The van der Waals surface area contributed by atoms with Crippen LogP contribution in [0.1, 0.15) is 52.4 Å². The summed E-state index contributed by atoms with van der Waals surface area (Å²) in [5.74, 6) is 1.04. The van der Waals surface area contributed by atoms with E-state index in [4.69, 9.17) is 9.47 Å². The molecule has 7 atom stereocenters. The van der Waals surface area contributed by atoms with Crippen molar-refractivity contribution in [1.29, 1.82) is 0 Å². The topological polar surface area (TPSA) is 38.8 Å². The molecule has 150 valence electrons. The molecule has 0 N–H and O–H groups in total. The molecular weight excluding hydrogens is 338 g/mol. The van der Waals surface area contributed by atoms with Gasteiger partial charge in [0.2, 0.25) is 0 Å². The van der Waals surface area contributed by atoms with Crippen molar-refractivity contribution in [2.75, 3.05) is 33.9 Å². The standard InChI is InChI=1S/C23H35NO3/c1-5-24-13-21(2)10-8-19(27-4)23(14-24)17(21)7-6-9-22-12-16(26-3)15(20(22)25)11-18(22)23/h7,15-16,18-19H,5-6,8-14H2,1-4H3/t15-,16+,18-,19+,21+,22-,23-/m1/s1. The van der Waals surface area contributed by atoms with Gasteiger partial charge < -0.3 is 14.4 Å². The molecule has 1 heterocycles. The summed E-state index contributed by atoms with van der Waals surface area (Å²) in [7, 11) is 3.69. The number of allylic oxidation sites excluding steroid dienone is 1. The Kier molecular flexibility index (Phi) is 4.00. The maximum absolute atomic E-state index is 13.5. The number of hydrogen-bond acceptors (Lipinski definition) is 4. The molecule has 1 aliphatic heterocycles. The number of rotatable bonds is 3. The molecule has 27 heavy (non-hydrogen) atoms. The third kappa shape index (κ3) is 2.08. The number of piperidine rings is 1. The lowest BCUT2D eigenvalue weighted by molar-refractivity contribution is -0.148. The third-order valence-corrected chi connectivity index (χ3v) is 9.34. The molecule has 4 bridgehead atoms. The molecule has 4 fully saturated rings. The second-order valence-electron chi connectivity index (χ2n) is 10.2. The van der Waals surface area contributed by atoms with E-state index in [9.17, 15) is 4.79 Å². The van der Waals surface area contributed by atoms with Gasteiger partial charge in [0.15, 0.2) is 0 Å². The van der Waals surface area contributed by atoms with E-state index >= 15 is 0 Å². The summed E-state index contributed by atoms with van der Waals surface area (Å²) in [5, 5.41) is 0. The molecule has 4 nitrogen and oxygen atoms in total. The van der Waals surface area contributed by atoms with Crippen LogP contribution in [0.25, 0.3) is 0 Å². The Morgan fingerprint density at radius 3 is 2.74 bits per heavy atom. The smallest absolute Gasteiger partial charge is 0.145 e. The van der Waals surface area contributed by atoms with Crippen LogP contribution in [0.15, 0.2) is 11.6 Å². The zero-order chi connectivity index (χ0) is 19.0. The zero-order valence-corrected chi connectivity index (χ0v) is 17.4. The number of carbonyl (C=O) groups excluding carboxylic acids is 1. The van der Waals surface area contributed by atoms with E-state index < -0.39 is 0 Å². The van der Waals surface area contributed by atoms with Gasteiger partial charge in [-0.1, -0.05) is 25.5 Å². The second-order valence-corrected chi connectivity index (χ2v) is 10.2. The third-order valence-electron chi connectivity index (χ3n) is 9.34. The van der Waals surface area contributed by atoms with E-state index in [1.165, 1.54) is 6.42 Å². The fourth-order valence-corrected chi connectivity index (χ4v) is 8.38. The number of nitrogens with zero attached hydrogens (tertiary/aromatic N) is 1. The van der Waals surface area contributed by atoms with E-state index in [0.717, 1.165) is 51.7 Å². The van der Waals surface area contributed by atoms with Gasteiger partial charge in [-0.05, 0) is 51.0 Å². The Balaban J connectivity index is 1.68. The molecule has 5 rings (SSSR count).